The number of hydrogen-bond acceptors (Lipinski definition) is 3. The van der Waals surface area contributed by atoms with Crippen molar-refractivity contribution in [3.63, 3.8) is 0 Å². The van der Waals surface area contributed by atoms with E-state index in [4.69, 9.17) is 5.11 Å². The highest BCUT2D eigenvalue weighted by atomic mass is 16.2. The quantitative estimate of drug-likeness (QED) is 0.849. The van der Waals surface area contributed by atoms with Crippen molar-refractivity contribution in [3.05, 3.63) is 35.4 Å². The molecule has 1 aromatic carbocycles. The second kappa shape index (κ2) is 7.26. The maximum Gasteiger partial charge on any atom is 0.253 e. The number of amides is 1. The molecule has 0 bridgehead atoms. The molecule has 1 saturated heterocycles. The molecule has 21 heavy (non-hydrogen) atoms. The second-order valence-corrected chi connectivity index (χ2v) is 5.51. The number of aliphatic hydroxyl groups is 1. The fourth-order valence-electron chi connectivity index (χ4n) is 2.45. The summed E-state index contributed by atoms with van der Waals surface area (Å²) in [5, 5.41) is 8.69. The lowest BCUT2D eigenvalue weighted by molar-refractivity contribution is 0.0783. The Morgan fingerprint density at radius 1 is 1.38 bits per heavy atom. The fourth-order valence-corrected chi connectivity index (χ4v) is 2.45. The number of likely N-dealkylation sites (N-methyl/N-ethyl adjacent to an activating group) is 1. The summed E-state index contributed by atoms with van der Waals surface area (Å²) in [7, 11) is 4.11. The van der Waals surface area contributed by atoms with Crippen LogP contribution in [0.15, 0.2) is 24.3 Å². The predicted molar refractivity (Wildman–Crippen MR) is 83.0 cm³/mol. The van der Waals surface area contributed by atoms with E-state index in [0.717, 1.165) is 25.1 Å². The topological polar surface area (TPSA) is 43.8 Å². The average molecular weight is 286 g/mol. The van der Waals surface area contributed by atoms with E-state index in [1.807, 2.05) is 29.2 Å². The number of rotatable bonds is 3. The molecule has 1 aliphatic rings. The molecule has 1 aromatic rings. The van der Waals surface area contributed by atoms with Gasteiger partial charge in [0, 0.05) is 36.7 Å². The first-order chi connectivity index (χ1) is 10.1. The highest BCUT2D eigenvalue weighted by Crippen LogP contribution is 2.16. The normalized spacial score (nSPS) is 17.7. The van der Waals surface area contributed by atoms with Crippen LogP contribution in [0, 0.1) is 11.8 Å². The molecule has 1 N–H and O–H groups in total. The second-order valence-electron chi connectivity index (χ2n) is 5.51. The fraction of sp³-hybridized carbons (Fsp3) is 0.471. The molecule has 0 saturated carbocycles. The molecule has 0 aromatic heterocycles. The van der Waals surface area contributed by atoms with Crippen molar-refractivity contribution in [1.82, 2.24) is 9.80 Å². The first kappa shape index (κ1) is 15.6. The first-order valence-corrected chi connectivity index (χ1v) is 7.27. The standard InChI is InChI=1S/C17H22N2O2/c1-18(2)16-10-11-19(13-16)17(21)15-8-6-14(7-9-15)5-3-4-12-20/h6-9,16,20H,4,10-13H2,1-2H3. The predicted octanol–water partition coefficient (Wildman–Crippen LogP) is 1.20. The molecule has 4 heteroatoms. The lowest BCUT2D eigenvalue weighted by Gasteiger charge is -2.20. The Balaban J connectivity index is 1.99. The minimum Gasteiger partial charge on any atom is -0.395 e. The van der Waals surface area contributed by atoms with Crippen LogP contribution in [0.1, 0.15) is 28.8 Å². The van der Waals surface area contributed by atoms with Crippen LogP contribution in [0.2, 0.25) is 0 Å². The molecule has 0 spiro atoms. The van der Waals surface area contributed by atoms with Crippen LogP contribution >= 0.6 is 0 Å². The van der Waals surface area contributed by atoms with Gasteiger partial charge in [-0.2, -0.15) is 0 Å². The van der Waals surface area contributed by atoms with Crippen molar-refractivity contribution < 1.29 is 9.90 Å². The van der Waals surface area contributed by atoms with Gasteiger partial charge >= 0.3 is 0 Å². The summed E-state index contributed by atoms with van der Waals surface area (Å²) in [6, 6.07) is 7.83. The van der Waals surface area contributed by atoms with Gasteiger partial charge in [0.15, 0.2) is 0 Å². The Morgan fingerprint density at radius 2 is 2.10 bits per heavy atom. The minimum atomic E-state index is 0.0750. The Hall–Kier alpha value is -1.83. The average Bonchev–Trinajstić information content (AvgIpc) is 2.97. The van der Waals surface area contributed by atoms with Gasteiger partial charge in [0.2, 0.25) is 0 Å². The number of likely N-dealkylation sites (tertiary alicyclic amines) is 1. The number of hydrogen-bond donors (Lipinski definition) is 1. The SMILES string of the molecule is CN(C)C1CCN(C(=O)c2ccc(C#CCCO)cc2)C1. The summed E-state index contributed by atoms with van der Waals surface area (Å²) in [5.74, 6) is 5.93. The first-order valence-electron chi connectivity index (χ1n) is 7.27. The molecule has 1 aliphatic heterocycles. The van der Waals surface area contributed by atoms with E-state index in [1.165, 1.54) is 0 Å². The van der Waals surface area contributed by atoms with Crippen molar-refractivity contribution in [3.8, 4) is 11.8 Å². The summed E-state index contributed by atoms with van der Waals surface area (Å²) >= 11 is 0. The van der Waals surface area contributed by atoms with E-state index in [0.29, 0.717) is 18.0 Å². The van der Waals surface area contributed by atoms with Gasteiger partial charge in [0.05, 0.1) is 6.61 Å². The lowest BCUT2D eigenvalue weighted by Crippen LogP contribution is -2.34. The van der Waals surface area contributed by atoms with E-state index in [2.05, 4.69) is 30.8 Å². The molecular weight excluding hydrogens is 264 g/mol. The maximum atomic E-state index is 12.4. The highest BCUT2D eigenvalue weighted by molar-refractivity contribution is 5.94. The maximum absolute atomic E-state index is 12.4. The molecule has 0 radical (unpaired) electrons. The van der Waals surface area contributed by atoms with Gasteiger partial charge in [0.25, 0.3) is 5.91 Å². The van der Waals surface area contributed by atoms with Gasteiger partial charge in [-0.05, 0) is 44.8 Å². The van der Waals surface area contributed by atoms with Crippen molar-refractivity contribution in [2.24, 2.45) is 0 Å². The minimum absolute atomic E-state index is 0.0750. The Morgan fingerprint density at radius 3 is 2.67 bits per heavy atom. The summed E-state index contributed by atoms with van der Waals surface area (Å²) in [6.07, 6.45) is 1.50. The van der Waals surface area contributed by atoms with Crippen LogP contribution < -0.4 is 0 Å². The lowest BCUT2D eigenvalue weighted by atomic mass is 10.1. The largest absolute Gasteiger partial charge is 0.395 e. The molecular formula is C17H22N2O2. The van der Waals surface area contributed by atoms with Crippen LogP contribution in [0.25, 0.3) is 0 Å². The summed E-state index contributed by atoms with van der Waals surface area (Å²) < 4.78 is 0. The Bertz CT molecular complexity index is 540. The van der Waals surface area contributed by atoms with Gasteiger partial charge in [-0.25, -0.2) is 0 Å². The Kier molecular flexibility index (Phi) is 5.38. The van der Waals surface area contributed by atoms with Crippen LogP contribution in [0.5, 0.6) is 0 Å². The van der Waals surface area contributed by atoms with E-state index in [9.17, 15) is 4.79 Å². The van der Waals surface area contributed by atoms with Crippen molar-refractivity contribution in [2.75, 3.05) is 33.8 Å². The number of aliphatic hydroxyl groups excluding tert-OH is 1. The van der Waals surface area contributed by atoms with Gasteiger partial charge in [-0.3, -0.25) is 4.79 Å². The van der Waals surface area contributed by atoms with Crippen molar-refractivity contribution in [1.29, 1.82) is 0 Å². The molecule has 0 aliphatic carbocycles. The third kappa shape index (κ3) is 4.07. The molecule has 4 nitrogen and oxygen atoms in total. The van der Waals surface area contributed by atoms with Crippen LogP contribution in [-0.2, 0) is 0 Å². The van der Waals surface area contributed by atoms with Gasteiger partial charge in [0.1, 0.15) is 0 Å². The van der Waals surface area contributed by atoms with Gasteiger partial charge < -0.3 is 14.9 Å². The van der Waals surface area contributed by atoms with Crippen LogP contribution in [-0.4, -0.2) is 60.6 Å². The number of carbonyl (C=O) groups is 1. The molecule has 1 atom stereocenters. The molecule has 1 heterocycles. The highest BCUT2D eigenvalue weighted by Gasteiger charge is 2.27. The number of carbonyl (C=O) groups excluding carboxylic acids is 1. The zero-order valence-electron chi connectivity index (χ0n) is 12.7. The van der Waals surface area contributed by atoms with Gasteiger partial charge in [-0.15, -0.1) is 0 Å². The molecule has 1 unspecified atom stereocenters. The number of benzene rings is 1. The molecule has 1 amide bonds. The zero-order valence-corrected chi connectivity index (χ0v) is 12.7. The van der Waals surface area contributed by atoms with E-state index < -0.39 is 0 Å². The van der Waals surface area contributed by atoms with E-state index >= 15 is 0 Å². The van der Waals surface area contributed by atoms with Crippen LogP contribution in [0.3, 0.4) is 0 Å². The van der Waals surface area contributed by atoms with E-state index in [1.54, 1.807) is 0 Å². The molecule has 1 fully saturated rings. The monoisotopic (exact) mass is 286 g/mol. The zero-order chi connectivity index (χ0) is 15.2. The summed E-state index contributed by atoms with van der Waals surface area (Å²) in [6.45, 7) is 1.69. The van der Waals surface area contributed by atoms with Crippen molar-refractivity contribution >= 4 is 5.91 Å². The van der Waals surface area contributed by atoms with Gasteiger partial charge in [-0.1, -0.05) is 11.8 Å². The Labute approximate surface area is 126 Å². The summed E-state index contributed by atoms with van der Waals surface area (Å²) in [4.78, 5) is 16.5. The molecule has 2 rings (SSSR count). The van der Waals surface area contributed by atoms with E-state index in [-0.39, 0.29) is 12.5 Å². The summed E-state index contributed by atoms with van der Waals surface area (Å²) in [5.41, 5.74) is 1.58. The number of nitrogens with zero attached hydrogens (tertiary/aromatic N) is 2. The smallest absolute Gasteiger partial charge is 0.253 e. The third-order valence-electron chi connectivity index (χ3n) is 3.78. The van der Waals surface area contributed by atoms with Crippen LogP contribution in [0.4, 0.5) is 0 Å². The molecule has 112 valence electrons. The third-order valence-corrected chi connectivity index (χ3v) is 3.78. The van der Waals surface area contributed by atoms with Crippen molar-refractivity contribution in [2.45, 2.75) is 18.9 Å².